The molecule has 0 aliphatic rings. The second-order valence-corrected chi connectivity index (χ2v) is 5.24. The van der Waals surface area contributed by atoms with E-state index in [-0.39, 0.29) is 11.6 Å². The Morgan fingerprint density at radius 3 is 2.69 bits per heavy atom. The van der Waals surface area contributed by atoms with Gasteiger partial charge in [-0.1, -0.05) is 30.3 Å². The van der Waals surface area contributed by atoms with Crippen molar-refractivity contribution in [3.63, 3.8) is 0 Å². The third kappa shape index (κ3) is 2.71. The topological polar surface area (TPSA) is 63.3 Å². The van der Waals surface area contributed by atoms with Gasteiger partial charge in [-0.05, 0) is 5.87 Å². The molecular weight excluding hydrogens is 226 g/mol. The van der Waals surface area contributed by atoms with Crippen LogP contribution in [0.3, 0.4) is 0 Å². The van der Waals surface area contributed by atoms with Gasteiger partial charge in [-0.25, -0.2) is 9.19 Å². The first-order valence-electron chi connectivity index (χ1n) is 4.62. The highest BCUT2D eigenvalue weighted by molar-refractivity contribution is 7.94. The second-order valence-electron chi connectivity index (χ2n) is 3.41. The lowest BCUT2D eigenvalue weighted by Gasteiger charge is -1.95. The third-order valence-electron chi connectivity index (χ3n) is 1.97. The van der Waals surface area contributed by atoms with E-state index in [4.69, 9.17) is 8.97 Å². The van der Waals surface area contributed by atoms with Gasteiger partial charge in [0, 0.05) is 5.56 Å². The van der Waals surface area contributed by atoms with Crippen LogP contribution in [0.2, 0.25) is 0 Å². The van der Waals surface area contributed by atoms with Crippen LogP contribution in [-0.2, 0) is 15.6 Å². The van der Waals surface area contributed by atoms with Gasteiger partial charge in [-0.2, -0.15) is 0 Å². The molecule has 0 bridgehead atoms. The predicted octanol–water partition coefficient (Wildman–Crippen LogP) is 2.03. The van der Waals surface area contributed by atoms with Gasteiger partial charge in [0.25, 0.3) is 0 Å². The first kappa shape index (κ1) is 10.9. The number of hydrogen-bond donors (Lipinski definition) is 1. The van der Waals surface area contributed by atoms with Crippen LogP contribution in [0.1, 0.15) is 5.89 Å². The van der Waals surface area contributed by atoms with E-state index in [1.165, 1.54) is 6.26 Å². The normalized spacial score (nSPS) is 14.6. The van der Waals surface area contributed by atoms with E-state index in [1.54, 1.807) is 0 Å². The lowest BCUT2D eigenvalue weighted by molar-refractivity contribution is 0.501. The zero-order valence-corrected chi connectivity index (χ0v) is 9.31. The average Bonchev–Trinajstić information content (AvgIpc) is 2.65. The molecule has 0 fully saturated rings. The fraction of sp³-hybridized carbons (Fsp3) is 0.0909. The molecule has 4 nitrogen and oxygen atoms in total. The number of benzene rings is 1. The Kier molecular flexibility index (Phi) is 2.80. The van der Waals surface area contributed by atoms with Gasteiger partial charge in [-0.3, -0.25) is 0 Å². The molecule has 0 spiro atoms. The van der Waals surface area contributed by atoms with Crippen molar-refractivity contribution in [1.29, 1.82) is 0 Å². The number of oxazole rings is 1. The molecule has 1 atom stereocenters. The van der Waals surface area contributed by atoms with Gasteiger partial charge in [-0.15, -0.1) is 0 Å². The Balaban J connectivity index is 2.27. The molecule has 1 aromatic heterocycles. The maximum Gasteiger partial charge on any atom is 0.208 e. The molecule has 1 heterocycles. The Labute approximate surface area is 93.8 Å². The van der Waals surface area contributed by atoms with Gasteiger partial charge in [0.05, 0.1) is 9.80 Å². The molecule has 0 saturated carbocycles. The number of hydrogen-bond acceptors (Lipinski definition) is 3. The van der Waals surface area contributed by atoms with Crippen molar-refractivity contribution in [3.05, 3.63) is 42.5 Å². The van der Waals surface area contributed by atoms with Crippen molar-refractivity contribution in [2.75, 3.05) is 0 Å². The highest BCUT2D eigenvalue weighted by Gasteiger charge is 2.09. The van der Waals surface area contributed by atoms with Gasteiger partial charge in [0.1, 0.15) is 17.7 Å². The van der Waals surface area contributed by atoms with Gasteiger partial charge in [0.2, 0.25) is 5.89 Å². The van der Waals surface area contributed by atoms with Crippen LogP contribution in [-0.4, -0.2) is 19.6 Å². The van der Waals surface area contributed by atoms with Gasteiger partial charge in [0.15, 0.2) is 0 Å². The van der Waals surface area contributed by atoms with E-state index in [2.05, 4.69) is 10.9 Å². The molecule has 1 unspecified atom stereocenters. The monoisotopic (exact) mass is 237 g/mol. The predicted molar refractivity (Wildman–Crippen MR) is 63.5 cm³/mol. The summed E-state index contributed by atoms with van der Waals surface area (Å²) in [5.41, 5.74) is 1.56. The maximum absolute atomic E-state index is 11.0. The van der Waals surface area contributed by atoms with Crippen molar-refractivity contribution in [2.24, 2.45) is 0 Å². The summed E-state index contributed by atoms with van der Waals surface area (Å²) in [5.74, 6) is 3.19. The van der Waals surface area contributed by atoms with E-state index in [0.717, 1.165) is 5.56 Å². The summed E-state index contributed by atoms with van der Waals surface area (Å²) in [6, 6.07) is 9.46. The summed E-state index contributed by atoms with van der Waals surface area (Å²) in [5, 5.41) is 0. The molecule has 5 heteroatoms. The molecule has 0 aliphatic heterocycles. The molecule has 1 N–H and O–H groups in total. The lowest BCUT2D eigenvalue weighted by Crippen LogP contribution is -2.01. The number of rotatable bonds is 3. The highest BCUT2D eigenvalue weighted by atomic mass is 32.2. The molecule has 2 rings (SSSR count). The summed E-state index contributed by atoms with van der Waals surface area (Å²) in [7, 11) is -3.10. The van der Waals surface area contributed by atoms with E-state index in [9.17, 15) is 4.21 Å². The van der Waals surface area contributed by atoms with Crippen LogP contribution in [0.4, 0.5) is 0 Å². The smallest absolute Gasteiger partial charge is 0.208 e. The summed E-state index contributed by atoms with van der Waals surface area (Å²) in [6.45, 7) is 0. The quantitative estimate of drug-likeness (QED) is 0.830. The zero-order valence-electron chi connectivity index (χ0n) is 8.50. The largest absolute Gasteiger partial charge is 0.447 e. The van der Waals surface area contributed by atoms with Crippen molar-refractivity contribution in [1.82, 2.24) is 4.98 Å². The summed E-state index contributed by atoms with van der Waals surface area (Å²) in [6.07, 6.45) is 1.47. The third-order valence-corrected chi connectivity index (χ3v) is 2.67. The molecular formula is C11H11NO3S. The molecule has 2 aromatic rings. The fourth-order valence-electron chi connectivity index (χ4n) is 1.31. The standard InChI is InChI=1S/C11H11NO3S/c1-16(13,14)8-11-12-10(7-15-11)9-5-3-2-4-6-9/h2-7H,1,8H2,(H,13,14). The first-order chi connectivity index (χ1) is 7.54. The minimum Gasteiger partial charge on any atom is -0.447 e. The van der Waals surface area contributed by atoms with E-state index >= 15 is 0 Å². The van der Waals surface area contributed by atoms with E-state index in [0.29, 0.717) is 5.69 Å². The Bertz CT molecular complexity index is 572. The van der Waals surface area contributed by atoms with Crippen molar-refractivity contribution >= 4 is 15.7 Å². The minimum atomic E-state index is -3.10. The van der Waals surface area contributed by atoms with Gasteiger partial charge < -0.3 is 8.97 Å². The lowest BCUT2D eigenvalue weighted by atomic mass is 10.2. The molecule has 1 aromatic carbocycles. The second kappa shape index (κ2) is 4.11. The highest BCUT2D eigenvalue weighted by Crippen LogP contribution is 2.18. The maximum atomic E-state index is 11.0. The van der Waals surface area contributed by atoms with Crippen LogP contribution >= 0.6 is 0 Å². The van der Waals surface area contributed by atoms with Crippen LogP contribution < -0.4 is 0 Å². The zero-order chi connectivity index (χ0) is 11.6. The van der Waals surface area contributed by atoms with E-state index in [1.807, 2.05) is 30.3 Å². The Morgan fingerprint density at radius 1 is 1.38 bits per heavy atom. The van der Waals surface area contributed by atoms with Gasteiger partial charge >= 0.3 is 0 Å². The SMILES string of the molecule is C=S(=O)(O)Cc1nc(-c2ccccc2)co1. The van der Waals surface area contributed by atoms with Crippen molar-refractivity contribution in [3.8, 4) is 11.3 Å². The molecule has 0 radical (unpaired) electrons. The molecule has 84 valence electrons. The van der Waals surface area contributed by atoms with Crippen molar-refractivity contribution in [2.45, 2.75) is 5.75 Å². The molecule has 0 aliphatic carbocycles. The van der Waals surface area contributed by atoms with E-state index < -0.39 is 9.80 Å². The van der Waals surface area contributed by atoms with Crippen molar-refractivity contribution < 1.29 is 13.2 Å². The van der Waals surface area contributed by atoms with Crippen LogP contribution in [0, 0.1) is 0 Å². The summed E-state index contributed by atoms with van der Waals surface area (Å²) < 4.78 is 25.2. The average molecular weight is 237 g/mol. The molecule has 16 heavy (non-hydrogen) atoms. The molecule has 0 saturated heterocycles. The summed E-state index contributed by atoms with van der Waals surface area (Å²) in [4.78, 5) is 4.12. The Hall–Kier alpha value is -1.59. The first-order valence-corrected chi connectivity index (χ1v) is 6.47. The van der Waals surface area contributed by atoms with Crippen LogP contribution in [0.15, 0.2) is 41.0 Å². The fourth-order valence-corrected chi connectivity index (χ4v) is 1.83. The number of aromatic nitrogens is 1. The number of nitrogens with zero attached hydrogens (tertiary/aromatic N) is 1. The van der Waals surface area contributed by atoms with Crippen LogP contribution in [0.25, 0.3) is 11.3 Å². The van der Waals surface area contributed by atoms with Crippen LogP contribution in [0.5, 0.6) is 0 Å². The Morgan fingerprint density at radius 2 is 2.06 bits per heavy atom. The summed E-state index contributed by atoms with van der Waals surface area (Å²) >= 11 is 0. The minimum absolute atomic E-state index is 0.167. The molecule has 0 amide bonds.